The van der Waals surface area contributed by atoms with Crippen LogP contribution < -0.4 is 4.74 Å². The summed E-state index contributed by atoms with van der Waals surface area (Å²) >= 11 is 6.00. The third kappa shape index (κ3) is 3.73. The first kappa shape index (κ1) is 18.1. The first-order valence-corrected chi connectivity index (χ1v) is 9.22. The summed E-state index contributed by atoms with van der Waals surface area (Å²) in [6.07, 6.45) is 0. The van der Waals surface area contributed by atoms with E-state index in [1.165, 1.54) is 0 Å². The predicted octanol–water partition coefficient (Wildman–Crippen LogP) is 6.26. The molecule has 1 heterocycles. The van der Waals surface area contributed by atoms with Gasteiger partial charge in [-0.3, -0.25) is 0 Å². The maximum absolute atomic E-state index is 10.6. The van der Waals surface area contributed by atoms with E-state index >= 15 is 0 Å². The van der Waals surface area contributed by atoms with Crippen LogP contribution in [0.5, 0.6) is 11.5 Å². The normalized spacial score (nSPS) is 10.8. The summed E-state index contributed by atoms with van der Waals surface area (Å²) in [5.41, 5.74) is 4.13. The number of phenolic OH excluding ortho intramolecular Hbond substituents is 1. The van der Waals surface area contributed by atoms with Gasteiger partial charge in [-0.15, -0.1) is 0 Å². The zero-order valence-corrected chi connectivity index (χ0v) is 16.0. The molecule has 0 aliphatic carbocycles. The van der Waals surface area contributed by atoms with Crippen LogP contribution in [-0.2, 0) is 6.61 Å². The van der Waals surface area contributed by atoms with Crippen LogP contribution in [0.2, 0.25) is 5.02 Å². The van der Waals surface area contributed by atoms with Crippen LogP contribution in [0.1, 0.15) is 11.3 Å². The van der Waals surface area contributed by atoms with E-state index in [0.29, 0.717) is 28.7 Å². The number of aromatic nitrogens is 1. The molecule has 1 N–H and O–H groups in total. The van der Waals surface area contributed by atoms with E-state index in [4.69, 9.17) is 20.9 Å². The van der Waals surface area contributed by atoms with E-state index in [2.05, 4.69) is 5.16 Å². The molecular formula is C23H18ClNO3. The molecule has 0 spiro atoms. The lowest BCUT2D eigenvalue weighted by Crippen LogP contribution is -1.95. The van der Waals surface area contributed by atoms with E-state index < -0.39 is 0 Å². The lowest BCUT2D eigenvalue weighted by Gasteiger charge is -2.09. The number of phenols is 1. The molecule has 0 bridgehead atoms. The van der Waals surface area contributed by atoms with Crippen molar-refractivity contribution in [2.75, 3.05) is 0 Å². The van der Waals surface area contributed by atoms with Crippen molar-refractivity contribution in [3.05, 3.63) is 89.1 Å². The minimum absolute atomic E-state index is 0.0666. The Kier molecular flexibility index (Phi) is 5.04. The fourth-order valence-electron chi connectivity index (χ4n) is 3.09. The molecule has 1 aromatic heterocycles. The van der Waals surface area contributed by atoms with Crippen LogP contribution in [0.25, 0.3) is 22.5 Å². The number of aryl methyl sites for hydroxylation is 1. The molecule has 0 aliphatic heterocycles. The summed E-state index contributed by atoms with van der Waals surface area (Å²) in [4.78, 5) is 0. The Hall–Kier alpha value is -3.24. The summed E-state index contributed by atoms with van der Waals surface area (Å²) < 4.78 is 11.3. The Morgan fingerprint density at radius 3 is 2.57 bits per heavy atom. The molecule has 4 aromatic rings. The zero-order chi connectivity index (χ0) is 19.5. The van der Waals surface area contributed by atoms with Crippen molar-refractivity contribution in [3.8, 4) is 33.9 Å². The Labute approximate surface area is 168 Å². The van der Waals surface area contributed by atoms with E-state index in [-0.39, 0.29) is 5.75 Å². The monoisotopic (exact) mass is 391 g/mol. The van der Waals surface area contributed by atoms with E-state index in [1.807, 2.05) is 61.5 Å². The van der Waals surface area contributed by atoms with Crippen LogP contribution in [0.15, 0.2) is 77.3 Å². The highest BCUT2D eigenvalue weighted by Crippen LogP contribution is 2.40. The molecule has 5 heteroatoms. The van der Waals surface area contributed by atoms with Gasteiger partial charge in [0, 0.05) is 11.1 Å². The second-order valence-electron chi connectivity index (χ2n) is 6.44. The van der Waals surface area contributed by atoms with Crippen molar-refractivity contribution < 1.29 is 14.4 Å². The smallest absolute Gasteiger partial charge is 0.178 e. The van der Waals surface area contributed by atoms with Crippen molar-refractivity contribution in [1.29, 1.82) is 0 Å². The first-order chi connectivity index (χ1) is 13.6. The third-order valence-corrected chi connectivity index (χ3v) is 4.67. The van der Waals surface area contributed by atoms with Gasteiger partial charge in [0.25, 0.3) is 0 Å². The van der Waals surface area contributed by atoms with Crippen molar-refractivity contribution in [1.82, 2.24) is 5.16 Å². The molecule has 0 unspecified atom stereocenters. The zero-order valence-electron chi connectivity index (χ0n) is 15.2. The Bertz CT molecular complexity index is 1110. The minimum atomic E-state index is 0.0666. The number of halogens is 1. The summed E-state index contributed by atoms with van der Waals surface area (Å²) in [7, 11) is 0. The average Bonchev–Trinajstić information content (AvgIpc) is 3.08. The Morgan fingerprint density at radius 1 is 1.00 bits per heavy atom. The van der Waals surface area contributed by atoms with Gasteiger partial charge in [0.2, 0.25) is 0 Å². The second-order valence-corrected chi connectivity index (χ2v) is 6.87. The van der Waals surface area contributed by atoms with Gasteiger partial charge in [0.1, 0.15) is 18.1 Å². The highest BCUT2D eigenvalue weighted by molar-refractivity contribution is 6.30. The van der Waals surface area contributed by atoms with Crippen molar-refractivity contribution >= 4 is 11.6 Å². The molecule has 4 nitrogen and oxygen atoms in total. The standard InChI is InChI=1S/C23H18ClNO3/c1-15-22(17-7-3-2-4-8-17)23(28-25-15)20-11-10-19(13-21(20)26)27-14-16-6-5-9-18(24)12-16/h2-13,26H,14H2,1H3. The molecule has 3 aromatic carbocycles. The quantitative estimate of drug-likeness (QED) is 0.436. The summed E-state index contributed by atoms with van der Waals surface area (Å²) in [5, 5.41) is 15.3. The number of hydrogen-bond acceptors (Lipinski definition) is 4. The molecule has 0 amide bonds. The van der Waals surface area contributed by atoms with Gasteiger partial charge in [0.15, 0.2) is 5.76 Å². The van der Waals surface area contributed by atoms with E-state index in [9.17, 15) is 5.11 Å². The lowest BCUT2D eigenvalue weighted by atomic mass is 9.99. The number of benzene rings is 3. The third-order valence-electron chi connectivity index (χ3n) is 4.43. The average molecular weight is 392 g/mol. The second kappa shape index (κ2) is 7.79. The number of nitrogens with zero attached hydrogens (tertiary/aromatic N) is 1. The van der Waals surface area contributed by atoms with Gasteiger partial charge in [-0.1, -0.05) is 59.2 Å². The highest BCUT2D eigenvalue weighted by atomic mass is 35.5. The molecule has 0 fully saturated rings. The molecule has 0 saturated carbocycles. The summed E-state index contributed by atoms with van der Waals surface area (Å²) in [6, 6.07) is 22.5. The number of rotatable bonds is 5. The molecule has 0 aliphatic rings. The lowest BCUT2D eigenvalue weighted by molar-refractivity contribution is 0.304. The molecule has 4 rings (SSSR count). The van der Waals surface area contributed by atoms with Crippen molar-refractivity contribution in [3.63, 3.8) is 0 Å². The molecule has 28 heavy (non-hydrogen) atoms. The Morgan fingerprint density at radius 2 is 1.82 bits per heavy atom. The molecule has 140 valence electrons. The largest absolute Gasteiger partial charge is 0.507 e. The highest BCUT2D eigenvalue weighted by Gasteiger charge is 2.19. The van der Waals surface area contributed by atoms with Gasteiger partial charge < -0.3 is 14.4 Å². The molecule has 0 saturated heterocycles. The fraction of sp³-hybridized carbons (Fsp3) is 0.0870. The van der Waals surface area contributed by atoms with E-state index in [1.54, 1.807) is 18.2 Å². The van der Waals surface area contributed by atoms with Crippen LogP contribution in [0.3, 0.4) is 0 Å². The van der Waals surface area contributed by atoms with Gasteiger partial charge >= 0.3 is 0 Å². The van der Waals surface area contributed by atoms with Crippen LogP contribution in [-0.4, -0.2) is 10.3 Å². The van der Waals surface area contributed by atoms with Crippen molar-refractivity contribution in [2.45, 2.75) is 13.5 Å². The maximum atomic E-state index is 10.6. The number of hydrogen-bond donors (Lipinski definition) is 1. The summed E-state index contributed by atoms with van der Waals surface area (Å²) in [6.45, 7) is 2.24. The molecule has 0 radical (unpaired) electrons. The topological polar surface area (TPSA) is 55.5 Å². The van der Waals surface area contributed by atoms with Crippen molar-refractivity contribution in [2.24, 2.45) is 0 Å². The first-order valence-electron chi connectivity index (χ1n) is 8.84. The van der Waals surface area contributed by atoms with Crippen LogP contribution >= 0.6 is 11.6 Å². The van der Waals surface area contributed by atoms with Crippen LogP contribution in [0.4, 0.5) is 0 Å². The minimum Gasteiger partial charge on any atom is -0.507 e. The number of aromatic hydroxyl groups is 1. The maximum Gasteiger partial charge on any atom is 0.178 e. The van der Waals surface area contributed by atoms with Gasteiger partial charge in [-0.2, -0.15) is 0 Å². The number of ether oxygens (including phenoxy) is 1. The van der Waals surface area contributed by atoms with Gasteiger partial charge in [-0.05, 0) is 42.3 Å². The van der Waals surface area contributed by atoms with Crippen LogP contribution in [0, 0.1) is 6.92 Å². The predicted molar refractivity (Wildman–Crippen MR) is 110 cm³/mol. The van der Waals surface area contributed by atoms with Gasteiger partial charge in [0.05, 0.1) is 16.8 Å². The SMILES string of the molecule is Cc1noc(-c2ccc(OCc3cccc(Cl)c3)cc2O)c1-c1ccccc1. The van der Waals surface area contributed by atoms with Gasteiger partial charge in [-0.25, -0.2) is 0 Å². The fourth-order valence-corrected chi connectivity index (χ4v) is 3.30. The van der Waals surface area contributed by atoms with E-state index in [0.717, 1.165) is 22.4 Å². The summed E-state index contributed by atoms with van der Waals surface area (Å²) in [5.74, 6) is 1.15. The molecular weight excluding hydrogens is 374 g/mol. The Balaban J connectivity index is 1.61. The molecule has 0 atom stereocenters.